The highest BCUT2D eigenvalue weighted by Crippen LogP contribution is 2.62. The molecule has 3 saturated carbocycles. The smallest absolute Gasteiger partial charge is 0.276 e. The van der Waals surface area contributed by atoms with Gasteiger partial charge in [0.2, 0.25) is 0 Å². The number of para-hydroxylation sites is 1. The van der Waals surface area contributed by atoms with Crippen molar-refractivity contribution in [3.63, 3.8) is 0 Å². The first-order chi connectivity index (χ1) is 18.7. The molecule has 39 heavy (non-hydrogen) atoms. The van der Waals surface area contributed by atoms with E-state index >= 15 is 0 Å². The van der Waals surface area contributed by atoms with Gasteiger partial charge < -0.3 is 16.0 Å². The van der Waals surface area contributed by atoms with Crippen LogP contribution in [0.2, 0.25) is 0 Å². The molecule has 3 N–H and O–H groups in total. The van der Waals surface area contributed by atoms with Gasteiger partial charge in [0.05, 0.1) is 22.4 Å². The molecule has 4 fully saturated rings. The Balaban J connectivity index is 1.28. The number of rotatable bonds is 5. The van der Waals surface area contributed by atoms with Gasteiger partial charge in [-0.1, -0.05) is 13.0 Å². The third kappa shape index (κ3) is 3.67. The molecular weight excluding hydrogens is 504 g/mol. The van der Waals surface area contributed by atoms with Gasteiger partial charge in [-0.25, -0.2) is 8.78 Å². The van der Waals surface area contributed by atoms with Gasteiger partial charge in [-0.2, -0.15) is 14.9 Å². The average molecular weight is 532 g/mol. The van der Waals surface area contributed by atoms with Crippen molar-refractivity contribution in [3.05, 3.63) is 76.3 Å². The predicted octanol–water partition coefficient (Wildman–Crippen LogP) is 3.41. The third-order valence-electron chi connectivity index (χ3n) is 8.57. The summed E-state index contributed by atoms with van der Waals surface area (Å²) in [6, 6.07) is 9.19. The summed E-state index contributed by atoms with van der Waals surface area (Å²) in [5.74, 6) is -1.48. The van der Waals surface area contributed by atoms with E-state index in [1.807, 2.05) is 6.07 Å². The lowest BCUT2D eigenvalue weighted by atomic mass is 9.50. The van der Waals surface area contributed by atoms with Crippen LogP contribution < -0.4 is 21.5 Å². The van der Waals surface area contributed by atoms with Crippen molar-refractivity contribution in [2.45, 2.75) is 37.8 Å². The van der Waals surface area contributed by atoms with Crippen LogP contribution in [0.5, 0.6) is 0 Å². The first-order valence-corrected chi connectivity index (χ1v) is 13.1. The molecule has 1 amide bonds. The van der Waals surface area contributed by atoms with Crippen molar-refractivity contribution in [2.24, 2.45) is 17.6 Å². The fourth-order valence-corrected chi connectivity index (χ4v) is 6.22. The van der Waals surface area contributed by atoms with Crippen molar-refractivity contribution in [1.82, 2.24) is 19.6 Å². The first-order valence-electron chi connectivity index (χ1n) is 13.1. The normalized spacial score (nSPS) is 25.4. The predicted molar refractivity (Wildman–Crippen MR) is 142 cm³/mol. The molecule has 2 atom stereocenters. The van der Waals surface area contributed by atoms with Crippen LogP contribution in [0, 0.1) is 23.5 Å². The molecule has 0 spiro atoms. The summed E-state index contributed by atoms with van der Waals surface area (Å²) in [6.07, 6.45) is 5.52. The molecule has 3 heterocycles. The minimum absolute atomic E-state index is 0.0163. The van der Waals surface area contributed by atoms with Crippen LogP contribution in [0.25, 0.3) is 16.6 Å². The second-order valence-electron chi connectivity index (χ2n) is 11.2. The average Bonchev–Trinajstić information content (AvgIpc) is 3.40. The van der Waals surface area contributed by atoms with Gasteiger partial charge in [-0.05, 0) is 61.4 Å². The zero-order valence-corrected chi connectivity index (χ0v) is 21.3. The van der Waals surface area contributed by atoms with Crippen LogP contribution in [0.15, 0.2) is 53.5 Å². The number of carbonyl (C=O) groups is 1. The maximum Gasteiger partial charge on any atom is 0.276 e. The van der Waals surface area contributed by atoms with Crippen molar-refractivity contribution < 1.29 is 13.6 Å². The summed E-state index contributed by atoms with van der Waals surface area (Å²) in [5.41, 5.74) is 7.11. The van der Waals surface area contributed by atoms with Crippen LogP contribution in [0.4, 0.5) is 20.2 Å². The number of halogens is 2. The molecule has 1 saturated heterocycles. The molecule has 200 valence electrons. The number of carbonyl (C=O) groups excluding carboxylic acids is 1. The minimum atomic E-state index is -0.963. The monoisotopic (exact) mass is 531 g/mol. The van der Waals surface area contributed by atoms with Gasteiger partial charge in [-0.3, -0.25) is 14.3 Å². The second kappa shape index (κ2) is 8.44. The molecule has 9 nitrogen and oxygen atoms in total. The van der Waals surface area contributed by atoms with E-state index < -0.39 is 28.8 Å². The number of hydrogen-bond acceptors (Lipinski definition) is 6. The third-order valence-corrected chi connectivity index (χ3v) is 8.57. The number of nitrogens with two attached hydrogens (primary N) is 1. The van der Waals surface area contributed by atoms with Crippen molar-refractivity contribution in [2.75, 3.05) is 23.3 Å². The summed E-state index contributed by atoms with van der Waals surface area (Å²) in [4.78, 5) is 28.0. The van der Waals surface area contributed by atoms with E-state index in [-0.39, 0.29) is 23.2 Å². The lowest BCUT2D eigenvalue weighted by Gasteiger charge is -2.61. The van der Waals surface area contributed by atoms with Gasteiger partial charge in [0.15, 0.2) is 11.6 Å². The van der Waals surface area contributed by atoms with E-state index in [1.165, 1.54) is 12.1 Å². The summed E-state index contributed by atoms with van der Waals surface area (Å²) < 4.78 is 31.4. The van der Waals surface area contributed by atoms with Crippen LogP contribution in [0.3, 0.4) is 0 Å². The Hall–Kier alpha value is -4.12. The zero-order valence-electron chi connectivity index (χ0n) is 21.3. The SMILES string of the molecule is C[C@@H]1CN(c2c(NC(=O)c3ccc(=O)n(-c4c(F)cccc4F)n3)ccc3nn(C45CC(C4)C5)cc23)C[C@@H]1N. The van der Waals surface area contributed by atoms with Gasteiger partial charge in [-0.15, -0.1) is 0 Å². The highest BCUT2D eigenvalue weighted by atomic mass is 19.1. The Bertz CT molecular complexity index is 1670. The van der Waals surface area contributed by atoms with E-state index in [0.717, 1.165) is 66.5 Å². The molecule has 4 aliphatic rings. The van der Waals surface area contributed by atoms with Crippen LogP contribution in [-0.2, 0) is 5.54 Å². The number of anilines is 2. The van der Waals surface area contributed by atoms with Gasteiger partial charge >= 0.3 is 0 Å². The Morgan fingerprint density at radius 1 is 1.03 bits per heavy atom. The molecule has 0 radical (unpaired) electrons. The molecule has 0 unspecified atom stereocenters. The number of hydrogen-bond donors (Lipinski definition) is 2. The molecule has 2 bridgehead atoms. The Morgan fingerprint density at radius 3 is 2.41 bits per heavy atom. The number of amides is 1. The summed E-state index contributed by atoms with van der Waals surface area (Å²) in [7, 11) is 0. The van der Waals surface area contributed by atoms with Gasteiger partial charge in [0, 0.05) is 36.8 Å². The summed E-state index contributed by atoms with van der Waals surface area (Å²) >= 11 is 0. The Kier molecular flexibility index (Phi) is 5.18. The highest BCUT2D eigenvalue weighted by Gasteiger charge is 2.58. The van der Waals surface area contributed by atoms with Crippen LogP contribution in [-0.4, -0.2) is 44.6 Å². The van der Waals surface area contributed by atoms with Crippen LogP contribution >= 0.6 is 0 Å². The zero-order chi connectivity index (χ0) is 27.1. The molecule has 2 aromatic carbocycles. The number of nitrogens with zero attached hydrogens (tertiary/aromatic N) is 5. The number of benzene rings is 2. The number of aromatic nitrogens is 4. The Labute approximate surface area is 222 Å². The Morgan fingerprint density at radius 2 is 1.77 bits per heavy atom. The first kappa shape index (κ1) is 24.0. The molecular formula is C28H27F2N7O2. The van der Waals surface area contributed by atoms with Crippen molar-refractivity contribution in [1.29, 1.82) is 0 Å². The van der Waals surface area contributed by atoms with E-state index in [4.69, 9.17) is 10.8 Å². The number of fused-ring (bicyclic) bond motifs is 1. The van der Waals surface area contributed by atoms with E-state index in [9.17, 15) is 18.4 Å². The maximum atomic E-state index is 14.4. The maximum absolute atomic E-state index is 14.4. The molecule has 8 rings (SSSR count). The largest absolute Gasteiger partial charge is 0.367 e. The summed E-state index contributed by atoms with van der Waals surface area (Å²) in [6.45, 7) is 3.44. The molecule has 2 aromatic heterocycles. The minimum Gasteiger partial charge on any atom is -0.367 e. The standard InChI is InChI=1S/C28H27F2N7O2/c1-15-12-35(14-20(15)31)25-17-13-36(28-9-16(10-28)11-28)33-21(17)5-6-22(25)32-27(39)23-7-8-24(38)37(34-23)26-18(29)3-2-4-19(26)30/h2-8,13,15-16,20H,9-12,14,31H2,1H3,(H,32,39)/t15-,16?,20+,28?/m1/s1. The lowest BCUT2D eigenvalue weighted by molar-refractivity contribution is -0.0973. The van der Waals surface area contributed by atoms with Crippen LogP contribution in [0.1, 0.15) is 36.7 Å². The van der Waals surface area contributed by atoms with E-state index in [1.54, 1.807) is 6.07 Å². The van der Waals surface area contributed by atoms with E-state index in [0.29, 0.717) is 16.9 Å². The second-order valence-corrected chi connectivity index (χ2v) is 11.2. The molecule has 3 aliphatic carbocycles. The van der Waals surface area contributed by atoms with E-state index in [2.05, 4.69) is 33.1 Å². The van der Waals surface area contributed by atoms with Crippen molar-refractivity contribution >= 4 is 28.2 Å². The quantitative estimate of drug-likeness (QED) is 0.408. The molecule has 11 heteroatoms. The van der Waals surface area contributed by atoms with Crippen molar-refractivity contribution in [3.8, 4) is 5.69 Å². The van der Waals surface area contributed by atoms with Gasteiger partial charge in [0.1, 0.15) is 11.4 Å². The molecule has 4 aromatic rings. The summed E-state index contributed by atoms with van der Waals surface area (Å²) in [5, 5.41) is 12.7. The highest BCUT2D eigenvalue weighted by molar-refractivity contribution is 6.08. The fraction of sp³-hybridized carbons (Fsp3) is 0.357. The lowest BCUT2D eigenvalue weighted by Crippen LogP contribution is -2.59. The molecule has 1 aliphatic heterocycles. The van der Waals surface area contributed by atoms with Gasteiger partial charge in [0.25, 0.3) is 11.5 Å². The number of nitrogens with one attached hydrogen (secondary N) is 1. The topological polar surface area (TPSA) is 111 Å². The fourth-order valence-electron chi connectivity index (χ4n) is 6.22.